The molecule has 25 heavy (non-hydrogen) atoms. The van der Waals surface area contributed by atoms with Crippen LogP contribution in [0.15, 0.2) is 53.4 Å². The molecule has 1 atom stereocenters. The molecule has 2 aromatic rings. The molecule has 1 amide bonds. The van der Waals surface area contributed by atoms with Crippen molar-refractivity contribution in [2.75, 3.05) is 13.7 Å². The molecule has 0 saturated carbocycles. The Morgan fingerprint density at radius 1 is 1.20 bits per heavy atom. The summed E-state index contributed by atoms with van der Waals surface area (Å²) in [5.41, 5.74) is 0.493. The first-order valence-corrected chi connectivity index (χ1v) is 8.82. The van der Waals surface area contributed by atoms with E-state index in [-0.39, 0.29) is 16.0 Å². The Labute approximate surface area is 144 Å². The van der Waals surface area contributed by atoms with E-state index in [1.165, 1.54) is 19.2 Å². The lowest BCUT2D eigenvalue weighted by Crippen LogP contribution is -2.34. The Morgan fingerprint density at radius 3 is 2.52 bits per heavy atom. The number of rotatable bonds is 4. The van der Waals surface area contributed by atoms with Crippen molar-refractivity contribution in [3.05, 3.63) is 65.2 Å². The van der Waals surface area contributed by atoms with Crippen molar-refractivity contribution < 1.29 is 27.9 Å². The van der Waals surface area contributed by atoms with E-state index in [0.717, 1.165) is 6.07 Å². The van der Waals surface area contributed by atoms with Crippen LogP contribution in [-0.4, -0.2) is 43.4 Å². The lowest BCUT2D eigenvalue weighted by molar-refractivity contribution is 0.0600. The van der Waals surface area contributed by atoms with Crippen molar-refractivity contribution in [2.45, 2.75) is 11.0 Å². The van der Waals surface area contributed by atoms with Gasteiger partial charge in [0.05, 0.1) is 30.9 Å². The summed E-state index contributed by atoms with van der Waals surface area (Å²) in [6.45, 7) is -0.409. The first kappa shape index (κ1) is 17.1. The van der Waals surface area contributed by atoms with Crippen molar-refractivity contribution in [3.8, 4) is 0 Å². The minimum absolute atomic E-state index is 0.0306. The second-order valence-corrected chi connectivity index (χ2v) is 7.30. The number of hydrogen-bond donors (Lipinski definition) is 1. The van der Waals surface area contributed by atoms with Gasteiger partial charge in [-0.15, -0.1) is 0 Å². The molecule has 2 aromatic carbocycles. The predicted octanol–water partition coefficient (Wildman–Crippen LogP) is 1.35. The fourth-order valence-electron chi connectivity index (χ4n) is 2.64. The van der Waals surface area contributed by atoms with E-state index in [9.17, 15) is 23.1 Å². The third-order valence-corrected chi connectivity index (χ3v) is 5.74. The van der Waals surface area contributed by atoms with Crippen molar-refractivity contribution in [3.63, 3.8) is 0 Å². The topological polar surface area (TPSA) is 101 Å². The summed E-state index contributed by atoms with van der Waals surface area (Å²) in [7, 11) is -2.97. The summed E-state index contributed by atoms with van der Waals surface area (Å²) >= 11 is 0. The van der Waals surface area contributed by atoms with Gasteiger partial charge in [-0.1, -0.05) is 30.3 Å². The SMILES string of the molecule is COC(=O)c1ccc2c(c1)S(=O)(=O)N(CC(O)c1ccccc1)C2=O. The van der Waals surface area contributed by atoms with Gasteiger partial charge in [-0.05, 0) is 23.8 Å². The number of hydrogen-bond acceptors (Lipinski definition) is 6. The van der Waals surface area contributed by atoms with Crippen LogP contribution in [0.5, 0.6) is 0 Å². The third-order valence-electron chi connectivity index (χ3n) is 3.95. The summed E-state index contributed by atoms with van der Waals surface area (Å²) in [4.78, 5) is 23.8. The van der Waals surface area contributed by atoms with Crippen LogP contribution in [0.4, 0.5) is 0 Å². The lowest BCUT2D eigenvalue weighted by Gasteiger charge is -2.19. The highest BCUT2D eigenvalue weighted by molar-refractivity contribution is 7.90. The number of carbonyl (C=O) groups is 2. The van der Waals surface area contributed by atoms with Crippen LogP contribution >= 0.6 is 0 Å². The van der Waals surface area contributed by atoms with Crippen LogP contribution < -0.4 is 0 Å². The standard InChI is InChI=1S/C17H15NO6S/c1-24-17(21)12-7-8-13-15(9-12)25(22,23)18(16(13)20)10-14(19)11-5-3-2-4-6-11/h2-9,14,19H,10H2,1H3. The number of amides is 1. The normalized spacial score (nSPS) is 16.4. The van der Waals surface area contributed by atoms with Crippen molar-refractivity contribution in [1.29, 1.82) is 0 Å². The predicted molar refractivity (Wildman–Crippen MR) is 87.4 cm³/mol. The summed E-state index contributed by atoms with van der Waals surface area (Å²) < 4.78 is 30.5. The maximum Gasteiger partial charge on any atom is 0.337 e. The number of benzene rings is 2. The van der Waals surface area contributed by atoms with Crippen molar-refractivity contribution in [1.82, 2.24) is 4.31 Å². The summed E-state index contributed by atoms with van der Waals surface area (Å²) in [6.07, 6.45) is -1.16. The van der Waals surface area contributed by atoms with Crippen LogP contribution in [0.2, 0.25) is 0 Å². The summed E-state index contributed by atoms with van der Waals surface area (Å²) in [6, 6.07) is 12.2. The van der Waals surface area contributed by atoms with Gasteiger partial charge in [0.25, 0.3) is 15.9 Å². The van der Waals surface area contributed by atoms with Gasteiger partial charge in [0.15, 0.2) is 0 Å². The number of aliphatic hydroxyl groups is 1. The number of β-amino-alcohol motifs (C(OH)–C–C–N with tert-alkyl or cyclic N) is 1. The number of ether oxygens (including phenoxy) is 1. The molecule has 1 aliphatic heterocycles. The fraction of sp³-hybridized carbons (Fsp3) is 0.176. The molecule has 1 aliphatic rings. The molecule has 0 saturated heterocycles. The molecule has 1 heterocycles. The summed E-state index contributed by atoms with van der Waals surface area (Å²) in [5.74, 6) is -1.44. The molecule has 0 bridgehead atoms. The molecule has 1 N–H and O–H groups in total. The highest BCUT2D eigenvalue weighted by atomic mass is 32.2. The maximum atomic E-state index is 12.7. The molecule has 0 aliphatic carbocycles. The molecule has 0 spiro atoms. The van der Waals surface area contributed by atoms with E-state index in [1.54, 1.807) is 30.3 Å². The fourth-order valence-corrected chi connectivity index (χ4v) is 4.24. The summed E-state index contributed by atoms with van der Waals surface area (Å²) in [5, 5.41) is 10.3. The van der Waals surface area contributed by atoms with E-state index in [4.69, 9.17) is 0 Å². The van der Waals surface area contributed by atoms with E-state index in [2.05, 4.69) is 4.74 Å². The monoisotopic (exact) mass is 361 g/mol. The van der Waals surface area contributed by atoms with Crippen LogP contribution in [0.1, 0.15) is 32.4 Å². The molecular formula is C17H15NO6S. The van der Waals surface area contributed by atoms with Crippen molar-refractivity contribution >= 4 is 21.9 Å². The number of methoxy groups -OCH3 is 1. The van der Waals surface area contributed by atoms with Gasteiger partial charge in [-0.3, -0.25) is 4.79 Å². The van der Waals surface area contributed by atoms with Gasteiger partial charge in [-0.25, -0.2) is 17.5 Å². The number of carbonyl (C=O) groups excluding carboxylic acids is 2. The maximum absolute atomic E-state index is 12.7. The zero-order chi connectivity index (χ0) is 18.2. The first-order chi connectivity index (χ1) is 11.9. The van der Waals surface area contributed by atoms with E-state index >= 15 is 0 Å². The molecular weight excluding hydrogens is 346 g/mol. The Bertz CT molecular complexity index is 939. The van der Waals surface area contributed by atoms with E-state index in [1.807, 2.05) is 0 Å². The minimum atomic E-state index is -4.15. The number of nitrogens with zero attached hydrogens (tertiary/aromatic N) is 1. The second-order valence-electron chi connectivity index (χ2n) is 5.47. The van der Waals surface area contributed by atoms with Crippen LogP contribution in [-0.2, 0) is 14.8 Å². The highest BCUT2D eigenvalue weighted by Crippen LogP contribution is 2.32. The van der Waals surface area contributed by atoms with Gasteiger partial charge in [0.1, 0.15) is 4.90 Å². The highest BCUT2D eigenvalue weighted by Gasteiger charge is 2.42. The molecule has 7 nitrogen and oxygen atoms in total. The second kappa shape index (κ2) is 6.30. The molecule has 3 rings (SSSR count). The lowest BCUT2D eigenvalue weighted by atomic mass is 10.1. The Morgan fingerprint density at radius 2 is 1.88 bits per heavy atom. The van der Waals surface area contributed by atoms with Crippen LogP contribution in [0.25, 0.3) is 0 Å². The van der Waals surface area contributed by atoms with Gasteiger partial charge in [0.2, 0.25) is 0 Å². The smallest absolute Gasteiger partial charge is 0.337 e. The van der Waals surface area contributed by atoms with E-state index < -0.39 is 34.5 Å². The molecule has 0 radical (unpaired) electrons. The molecule has 0 aromatic heterocycles. The van der Waals surface area contributed by atoms with Gasteiger partial charge in [0, 0.05) is 0 Å². The zero-order valence-electron chi connectivity index (χ0n) is 13.2. The van der Waals surface area contributed by atoms with Gasteiger partial charge < -0.3 is 9.84 Å². The van der Waals surface area contributed by atoms with Crippen molar-refractivity contribution in [2.24, 2.45) is 0 Å². The third kappa shape index (κ3) is 2.90. The molecule has 1 unspecified atom stereocenters. The Balaban J connectivity index is 1.95. The molecule has 130 valence electrons. The quantitative estimate of drug-likeness (QED) is 0.825. The van der Waals surface area contributed by atoms with E-state index in [0.29, 0.717) is 9.87 Å². The Hall–Kier alpha value is -2.71. The van der Waals surface area contributed by atoms with Gasteiger partial charge >= 0.3 is 5.97 Å². The first-order valence-electron chi connectivity index (χ1n) is 7.38. The van der Waals surface area contributed by atoms with Crippen LogP contribution in [0.3, 0.4) is 0 Å². The average Bonchev–Trinajstić information content (AvgIpc) is 2.82. The minimum Gasteiger partial charge on any atom is -0.465 e. The largest absolute Gasteiger partial charge is 0.465 e. The van der Waals surface area contributed by atoms with Crippen LogP contribution in [0, 0.1) is 0 Å². The zero-order valence-corrected chi connectivity index (χ0v) is 14.1. The number of esters is 1. The molecule has 8 heteroatoms. The molecule has 0 fully saturated rings. The Kier molecular flexibility index (Phi) is 4.32. The number of sulfonamides is 1. The van der Waals surface area contributed by atoms with Gasteiger partial charge in [-0.2, -0.15) is 0 Å². The number of aliphatic hydroxyl groups excluding tert-OH is 1. The number of fused-ring (bicyclic) bond motifs is 1. The average molecular weight is 361 g/mol.